The number of aromatic nitrogens is 2. The number of nitrogens with zero attached hydrogens (tertiary/aromatic N) is 2. The van der Waals surface area contributed by atoms with Crippen molar-refractivity contribution in [3.8, 4) is 0 Å². The highest BCUT2D eigenvalue weighted by Crippen LogP contribution is 2.34. The van der Waals surface area contributed by atoms with Crippen LogP contribution in [-0.2, 0) is 5.41 Å². The lowest BCUT2D eigenvalue weighted by Crippen LogP contribution is -2.43. The van der Waals surface area contributed by atoms with Crippen molar-refractivity contribution in [2.75, 3.05) is 11.9 Å². The Morgan fingerprint density at radius 2 is 2.14 bits per heavy atom. The lowest BCUT2D eigenvalue weighted by Gasteiger charge is -2.33. The predicted molar refractivity (Wildman–Crippen MR) is 86.9 cm³/mol. The van der Waals surface area contributed by atoms with E-state index in [0.29, 0.717) is 12.4 Å². The summed E-state index contributed by atoms with van der Waals surface area (Å²) in [6.07, 6.45) is 1.60. The molecule has 0 aliphatic carbocycles. The molecule has 0 radical (unpaired) electrons. The zero-order valence-corrected chi connectivity index (χ0v) is 13.5. The van der Waals surface area contributed by atoms with E-state index in [1.807, 2.05) is 19.1 Å². The van der Waals surface area contributed by atoms with Gasteiger partial charge in [-0.15, -0.1) is 0 Å². The van der Waals surface area contributed by atoms with Crippen molar-refractivity contribution in [3.05, 3.63) is 46.4 Å². The minimum absolute atomic E-state index is 0.0194. The molecule has 0 bridgehead atoms. The molecule has 1 aromatic carbocycles. The number of carbonyl (C=O) groups is 1. The van der Waals surface area contributed by atoms with Crippen LogP contribution in [-0.4, -0.2) is 22.4 Å². The number of anilines is 2. The number of benzene rings is 1. The Hall–Kier alpha value is -2.14. The number of rotatable bonds is 2. The number of hydrogen-bond acceptors (Lipinski definition) is 4. The first kappa shape index (κ1) is 14.8. The second-order valence-electron chi connectivity index (χ2n) is 6.12. The van der Waals surface area contributed by atoms with E-state index in [1.54, 1.807) is 12.3 Å². The first-order chi connectivity index (χ1) is 10.4. The quantitative estimate of drug-likeness (QED) is 0.835. The van der Waals surface area contributed by atoms with Crippen molar-refractivity contribution in [2.45, 2.75) is 26.2 Å². The van der Waals surface area contributed by atoms with Gasteiger partial charge in [-0.3, -0.25) is 4.79 Å². The molecule has 0 atom stereocenters. The average Bonchev–Trinajstić information content (AvgIpc) is 2.45. The summed E-state index contributed by atoms with van der Waals surface area (Å²) in [5.74, 6) is 0.607. The Balaban J connectivity index is 2.05. The minimum Gasteiger partial charge on any atom is -0.351 e. The highest BCUT2D eigenvalue weighted by molar-refractivity contribution is 6.28. The summed E-state index contributed by atoms with van der Waals surface area (Å²) in [5, 5.41) is 6.38. The monoisotopic (exact) mass is 316 g/mol. The number of halogens is 1. The number of hydrogen-bond donors (Lipinski definition) is 2. The summed E-state index contributed by atoms with van der Waals surface area (Å²) in [4.78, 5) is 20.1. The van der Waals surface area contributed by atoms with Crippen LogP contribution in [0.2, 0.25) is 5.28 Å². The molecular formula is C16H17ClN4O. The standard InChI is InChI=1S/C16H17ClN4O/c1-9-6-10-11(16(2,3)8-19-14(10)22)7-12(9)20-13-4-5-18-15(17)21-13/h4-7H,8H2,1-3H3,(H,19,22)(H,18,20,21). The van der Waals surface area contributed by atoms with Gasteiger partial charge < -0.3 is 10.6 Å². The lowest BCUT2D eigenvalue weighted by molar-refractivity contribution is 0.0930. The van der Waals surface area contributed by atoms with E-state index in [9.17, 15) is 4.79 Å². The Bertz CT molecular complexity index is 758. The molecule has 1 aromatic heterocycles. The van der Waals surface area contributed by atoms with Crippen LogP contribution in [0.4, 0.5) is 11.5 Å². The highest BCUT2D eigenvalue weighted by Gasteiger charge is 2.32. The summed E-state index contributed by atoms with van der Waals surface area (Å²) in [6, 6.07) is 5.69. The van der Waals surface area contributed by atoms with Crippen molar-refractivity contribution < 1.29 is 4.79 Å². The van der Waals surface area contributed by atoms with Gasteiger partial charge in [-0.25, -0.2) is 9.97 Å². The predicted octanol–water partition coefficient (Wildman–Crippen LogP) is 3.20. The van der Waals surface area contributed by atoms with Gasteiger partial charge in [0.25, 0.3) is 5.91 Å². The first-order valence-corrected chi connectivity index (χ1v) is 7.43. The second kappa shape index (κ2) is 5.25. The van der Waals surface area contributed by atoms with Crippen LogP contribution in [0.3, 0.4) is 0 Å². The van der Waals surface area contributed by atoms with Crippen molar-refractivity contribution in [2.24, 2.45) is 0 Å². The SMILES string of the molecule is Cc1cc2c(cc1Nc1ccnc(Cl)n1)C(C)(C)CNC2=O. The number of amides is 1. The molecule has 1 aliphatic rings. The normalized spacial score (nSPS) is 15.9. The van der Waals surface area contributed by atoms with Crippen molar-refractivity contribution in [1.29, 1.82) is 0 Å². The molecule has 0 saturated carbocycles. The molecule has 0 spiro atoms. The van der Waals surface area contributed by atoms with Gasteiger partial charge in [0.2, 0.25) is 5.28 Å². The van der Waals surface area contributed by atoms with Crippen LogP contribution in [0.1, 0.15) is 35.3 Å². The summed E-state index contributed by atoms with van der Waals surface area (Å²) < 4.78 is 0. The fourth-order valence-corrected chi connectivity index (χ4v) is 2.77. The van der Waals surface area contributed by atoms with Crippen LogP contribution in [0, 0.1) is 6.92 Å². The van der Waals surface area contributed by atoms with Gasteiger partial charge in [0.05, 0.1) is 0 Å². The molecule has 1 aliphatic heterocycles. The van der Waals surface area contributed by atoms with Crippen LogP contribution < -0.4 is 10.6 Å². The third kappa shape index (κ3) is 2.64. The molecule has 3 rings (SSSR count). The van der Waals surface area contributed by atoms with Gasteiger partial charge in [0.1, 0.15) is 5.82 Å². The third-order valence-corrected chi connectivity index (χ3v) is 4.10. The number of nitrogens with one attached hydrogen (secondary N) is 2. The van der Waals surface area contributed by atoms with Crippen LogP contribution in [0.25, 0.3) is 0 Å². The lowest BCUT2D eigenvalue weighted by atomic mass is 9.78. The number of fused-ring (bicyclic) bond motifs is 1. The molecule has 2 heterocycles. The molecule has 22 heavy (non-hydrogen) atoms. The number of aryl methyl sites for hydroxylation is 1. The summed E-state index contributed by atoms with van der Waals surface area (Å²) >= 11 is 5.82. The third-order valence-electron chi connectivity index (χ3n) is 3.92. The van der Waals surface area contributed by atoms with E-state index >= 15 is 0 Å². The summed E-state index contributed by atoms with van der Waals surface area (Å²) in [5.41, 5.74) is 3.54. The van der Waals surface area contributed by atoms with Gasteiger partial charge in [0.15, 0.2) is 0 Å². The Kier molecular flexibility index (Phi) is 3.53. The fourth-order valence-electron chi connectivity index (χ4n) is 2.62. The smallest absolute Gasteiger partial charge is 0.251 e. The second-order valence-corrected chi connectivity index (χ2v) is 6.45. The Labute approximate surface area is 134 Å². The number of carbonyl (C=O) groups excluding carboxylic acids is 1. The van der Waals surface area contributed by atoms with E-state index in [2.05, 4.69) is 34.4 Å². The topological polar surface area (TPSA) is 66.9 Å². The van der Waals surface area contributed by atoms with Crippen LogP contribution >= 0.6 is 11.6 Å². The molecule has 0 unspecified atom stereocenters. The highest BCUT2D eigenvalue weighted by atomic mass is 35.5. The Morgan fingerprint density at radius 3 is 2.86 bits per heavy atom. The molecule has 5 nitrogen and oxygen atoms in total. The zero-order valence-electron chi connectivity index (χ0n) is 12.7. The van der Waals surface area contributed by atoms with Gasteiger partial charge in [0, 0.05) is 29.4 Å². The maximum Gasteiger partial charge on any atom is 0.251 e. The van der Waals surface area contributed by atoms with Gasteiger partial charge >= 0.3 is 0 Å². The minimum atomic E-state index is -0.114. The van der Waals surface area contributed by atoms with E-state index in [0.717, 1.165) is 22.4 Å². The van der Waals surface area contributed by atoms with Crippen LogP contribution in [0.15, 0.2) is 24.4 Å². The molecule has 6 heteroatoms. The van der Waals surface area contributed by atoms with E-state index < -0.39 is 0 Å². The fraction of sp³-hybridized carbons (Fsp3) is 0.312. The van der Waals surface area contributed by atoms with Crippen molar-refractivity contribution >= 4 is 29.0 Å². The van der Waals surface area contributed by atoms with E-state index in [1.165, 1.54) is 0 Å². The van der Waals surface area contributed by atoms with E-state index in [4.69, 9.17) is 11.6 Å². The summed E-state index contributed by atoms with van der Waals surface area (Å²) in [7, 11) is 0. The van der Waals surface area contributed by atoms with Gasteiger partial charge in [-0.2, -0.15) is 0 Å². The largest absolute Gasteiger partial charge is 0.351 e. The maximum absolute atomic E-state index is 12.1. The molecule has 0 saturated heterocycles. The zero-order chi connectivity index (χ0) is 15.9. The molecule has 0 fully saturated rings. The maximum atomic E-state index is 12.1. The molecule has 2 N–H and O–H groups in total. The van der Waals surface area contributed by atoms with Crippen molar-refractivity contribution in [3.63, 3.8) is 0 Å². The molecule has 114 valence electrons. The van der Waals surface area contributed by atoms with E-state index in [-0.39, 0.29) is 16.6 Å². The van der Waals surface area contributed by atoms with Crippen molar-refractivity contribution in [1.82, 2.24) is 15.3 Å². The first-order valence-electron chi connectivity index (χ1n) is 7.06. The summed E-state index contributed by atoms with van der Waals surface area (Å²) in [6.45, 7) is 6.82. The van der Waals surface area contributed by atoms with Gasteiger partial charge in [-0.05, 0) is 47.9 Å². The average molecular weight is 317 g/mol. The Morgan fingerprint density at radius 1 is 1.36 bits per heavy atom. The van der Waals surface area contributed by atoms with Gasteiger partial charge in [-0.1, -0.05) is 13.8 Å². The molecular weight excluding hydrogens is 300 g/mol. The molecule has 2 aromatic rings. The van der Waals surface area contributed by atoms with Crippen LogP contribution in [0.5, 0.6) is 0 Å². The molecule has 1 amide bonds.